The zero-order chi connectivity index (χ0) is 14.2. The third kappa shape index (κ3) is 2.38. The Bertz CT molecular complexity index is 556. The van der Waals surface area contributed by atoms with E-state index in [9.17, 15) is 9.59 Å². The van der Waals surface area contributed by atoms with Crippen LogP contribution in [0.4, 0.5) is 11.4 Å². The SMILES string of the molecule is C=CCN(c1ccc2c(c1)NC(=O)C2=O)C(C)(C)C. The van der Waals surface area contributed by atoms with E-state index in [1.54, 1.807) is 6.07 Å². The van der Waals surface area contributed by atoms with E-state index in [1.165, 1.54) is 0 Å². The molecule has 0 spiro atoms. The third-order valence-corrected chi connectivity index (χ3v) is 3.14. The molecule has 0 saturated carbocycles. The Labute approximate surface area is 113 Å². The molecule has 1 aliphatic heterocycles. The molecule has 4 nitrogen and oxygen atoms in total. The van der Waals surface area contributed by atoms with Gasteiger partial charge < -0.3 is 10.2 Å². The average molecular weight is 258 g/mol. The van der Waals surface area contributed by atoms with Crippen molar-refractivity contribution in [3.8, 4) is 0 Å². The summed E-state index contributed by atoms with van der Waals surface area (Å²) in [4.78, 5) is 25.1. The van der Waals surface area contributed by atoms with Gasteiger partial charge in [0.2, 0.25) is 0 Å². The lowest BCUT2D eigenvalue weighted by Gasteiger charge is -2.37. The Morgan fingerprint density at radius 3 is 2.58 bits per heavy atom. The summed E-state index contributed by atoms with van der Waals surface area (Å²) in [6.07, 6.45) is 1.84. The van der Waals surface area contributed by atoms with Gasteiger partial charge in [0.25, 0.3) is 11.7 Å². The highest BCUT2D eigenvalue weighted by atomic mass is 16.2. The molecule has 1 aromatic carbocycles. The third-order valence-electron chi connectivity index (χ3n) is 3.14. The summed E-state index contributed by atoms with van der Waals surface area (Å²) in [5, 5.41) is 2.59. The lowest BCUT2D eigenvalue weighted by Crippen LogP contribution is -2.41. The van der Waals surface area contributed by atoms with Crippen molar-refractivity contribution < 1.29 is 9.59 Å². The van der Waals surface area contributed by atoms with Gasteiger partial charge in [0, 0.05) is 17.8 Å². The number of anilines is 2. The number of hydrogen-bond donors (Lipinski definition) is 1. The number of nitrogens with zero attached hydrogens (tertiary/aromatic N) is 1. The van der Waals surface area contributed by atoms with Crippen molar-refractivity contribution in [2.24, 2.45) is 0 Å². The quantitative estimate of drug-likeness (QED) is 0.669. The number of amides is 1. The molecular weight excluding hydrogens is 240 g/mol. The Kier molecular flexibility index (Phi) is 3.18. The molecule has 0 bridgehead atoms. The number of rotatable bonds is 3. The van der Waals surface area contributed by atoms with Crippen molar-refractivity contribution in [1.82, 2.24) is 0 Å². The second-order valence-electron chi connectivity index (χ2n) is 5.58. The smallest absolute Gasteiger partial charge is 0.296 e. The first-order valence-corrected chi connectivity index (χ1v) is 6.23. The van der Waals surface area contributed by atoms with Crippen LogP contribution in [0.5, 0.6) is 0 Å². The molecular formula is C15H18N2O2. The van der Waals surface area contributed by atoms with Gasteiger partial charge in [-0.15, -0.1) is 6.58 Å². The zero-order valence-corrected chi connectivity index (χ0v) is 11.5. The first-order valence-electron chi connectivity index (χ1n) is 6.23. The predicted octanol–water partition coefficient (Wildman–Crippen LogP) is 2.61. The van der Waals surface area contributed by atoms with E-state index in [0.29, 0.717) is 17.8 Å². The fraction of sp³-hybridized carbons (Fsp3) is 0.333. The first kappa shape index (κ1) is 13.3. The van der Waals surface area contributed by atoms with Crippen molar-refractivity contribution in [3.05, 3.63) is 36.4 Å². The summed E-state index contributed by atoms with van der Waals surface area (Å²) in [5.41, 5.74) is 1.92. The standard InChI is InChI=1S/C15H18N2O2/c1-5-8-17(15(2,3)4)10-6-7-11-12(9-10)16-14(19)13(11)18/h5-7,9H,1,8H2,2-4H3,(H,16,18,19). The van der Waals surface area contributed by atoms with Crippen LogP contribution < -0.4 is 10.2 Å². The van der Waals surface area contributed by atoms with Crippen molar-refractivity contribution in [3.63, 3.8) is 0 Å². The van der Waals surface area contributed by atoms with Gasteiger partial charge in [-0.2, -0.15) is 0 Å². The predicted molar refractivity (Wildman–Crippen MR) is 76.7 cm³/mol. The molecule has 4 heteroatoms. The van der Waals surface area contributed by atoms with E-state index in [2.05, 4.69) is 37.6 Å². The molecule has 0 aliphatic carbocycles. The summed E-state index contributed by atoms with van der Waals surface area (Å²) < 4.78 is 0. The molecule has 100 valence electrons. The minimum atomic E-state index is -0.557. The Morgan fingerprint density at radius 1 is 1.32 bits per heavy atom. The highest BCUT2D eigenvalue weighted by molar-refractivity contribution is 6.51. The van der Waals surface area contributed by atoms with Crippen LogP contribution in [0.1, 0.15) is 31.1 Å². The summed E-state index contributed by atoms with van der Waals surface area (Å²) in [6.45, 7) is 10.8. The summed E-state index contributed by atoms with van der Waals surface area (Å²) in [6, 6.07) is 5.41. The molecule has 1 amide bonds. The number of carbonyl (C=O) groups excluding carboxylic acids is 2. The minimum absolute atomic E-state index is 0.0744. The van der Waals surface area contributed by atoms with E-state index in [-0.39, 0.29) is 5.54 Å². The molecule has 19 heavy (non-hydrogen) atoms. The highest BCUT2D eigenvalue weighted by Gasteiger charge is 2.29. The fourth-order valence-corrected chi connectivity index (χ4v) is 2.20. The van der Waals surface area contributed by atoms with E-state index >= 15 is 0 Å². The maximum absolute atomic E-state index is 11.6. The minimum Gasteiger partial charge on any atom is -0.363 e. The maximum atomic E-state index is 11.6. The molecule has 0 aromatic heterocycles. The number of Topliss-reactive ketones (excluding diaryl/α,β-unsaturated/α-hetero) is 1. The van der Waals surface area contributed by atoms with E-state index in [0.717, 1.165) is 5.69 Å². The van der Waals surface area contributed by atoms with Crippen LogP contribution in [0.25, 0.3) is 0 Å². The fourth-order valence-electron chi connectivity index (χ4n) is 2.20. The normalized spacial score (nSPS) is 14.1. The molecule has 1 aromatic rings. The number of hydrogen-bond acceptors (Lipinski definition) is 3. The van der Waals surface area contributed by atoms with E-state index < -0.39 is 11.7 Å². The number of ketones is 1. The molecule has 1 aliphatic rings. The Morgan fingerprint density at radius 2 is 2.00 bits per heavy atom. The Hall–Kier alpha value is -2.10. The van der Waals surface area contributed by atoms with Gasteiger partial charge in [0.15, 0.2) is 0 Å². The monoisotopic (exact) mass is 258 g/mol. The summed E-state index contributed by atoms with van der Waals surface area (Å²) in [7, 11) is 0. The zero-order valence-electron chi connectivity index (χ0n) is 11.5. The van der Waals surface area contributed by atoms with Crippen LogP contribution in [0, 0.1) is 0 Å². The first-order chi connectivity index (χ1) is 8.84. The molecule has 2 rings (SSSR count). The average Bonchev–Trinajstić information content (AvgIpc) is 2.60. The lowest BCUT2D eigenvalue weighted by molar-refractivity contribution is -0.112. The van der Waals surface area contributed by atoms with Crippen LogP contribution in [0.2, 0.25) is 0 Å². The molecule has 0 atom stereocenters. The lowest BCUT2D eigenvalue weighted by atomic mass is 10.0. The number of benzene rings is 1. The van der Waals surface area contributed by atoms with Crippen LogP contribution in [-0.4, -0.2) is 23.8 Å². The van der Waals surface area contributed by atoms with Gasteiger partial charge in [0.1, 0.15) is 0 Å². The van der Waals surface area contributed by atoms with Crippen LogP contribution >= 0.6 is 0 Å². The van der Waals surface area contributed by atoms with E-state index in [4.69, 9.17) is 0 Å². The van der Waals surface area contributed by atoms with Crippen LogP contribution in [-0.2, 0) is 4.79 Å². The Balaban J connectivity index is 2.42. The van der Waals surface area contributed by atoms with Gasteiger partial charge in [-0.1, -0.05) is 6.08 Å². The van der Waals surface area contributed by atoms with Crippen molar-refractivity contribution in [1.29, 1.82) is 0 Å². The van der Waals surface area contributed by atoms with Crippen molar-refractivity contribution in [2.45, 2.75) is 26.3 Å². The maximum Gasteiger partial charge on any atom is 0.296 e. The molecule has 0 fully saturated rings. The van der Waals surface area contributed by atoms with Gasteiger partial charge >= 0.3 is 0 Å². The number of nitrogens with one attached hydrogen (secondary N) is 1. The van der Waals surface area contributed by atoms with Gasteiger partial charge in [0.05, 0.1) is 11.3 Å². The van der Waals surface area contributed by atoms with Crippen LogP contribution in [0.15, 0.2) is 30.9 Å². The van der Waals surface area contributed by atoms with Gasteiger partial charge in [-0.25, -0.2) is 0 Å². The highest BCUT2D eigenvalue weighted by Crippen LogP contribution is 2.31. The topological polar surface area (TPSA) is 49.4 Å². The molecule has 0 radical (unpaired) electrons. The van der Waals surface area contributed by atoms with Gasteiger partial charge in [-0.3, -0.25) is 9.59 Å². The molecule has 0 unspecified atom stereocenters. The molecule has 1 N–H and O–H groups in total. The van der Waals surface area contributed by atoms with Crippen LogP contribution in [0.3, 0.4) is 0 Å². The second kappa shape index (κ2) is 4.53. The largest absolute Gasteiger partial charge is 0.363 e. The molecule has 1 heterocycles. The summed E-state index contributed by atoms with van der Waals surface area (Å²) in [5.74, 6) is -1.02. The van der Waals surface area contributed by atoms with Crippen molar-refractivity contribution >= 4 is 23.1 Å². The summed E-state index contributed by atoms with van der Waals surface area (Å²) >= 11 is 0. The number of carbonyl (C=O) groups is 2. The second-order valence-corrected chi connectivity index (χ2v) is 5.58. The van der Waals surface area contributed by atoms with E-state index in [1.807, 2.05) is 18.2 Å². The number of fused-ring (bicyclic) bond motifs is 1. The van der Waals surface area contributed by atoms with Gasteiger partial charge in [-0.05, 0) is 39.0 Å². The molecule has 0 saturated heterocycles. The van der Waals surface area contributed by atoms with Crippen molar-refractivity contribution in [2.75, 3.05) is 16.8 Å².